The molecule has 0 aliphatic rings. The Balaban J connectivity index is 2.55. The Morgan fingerprint density at radius 2 is 1.95 bits per heavy atom. The summed E-state index contributed by atoms with van der Waals surface area (Å²) in [7, 11) is 0. The third kappa shape index (κ3) is 6.25. The summed E-state index contributed by atoms with van der Waals surface area (Å²) in [6.45, 7) is 5.18. The molecule has 106 valence electrons. The van der Waals surface area contributed by atoms with E-state index in [1.165, 1.54) is 0 Å². The van der Waals surface area contributed by atoms with Gasteiger partial charge in [-0.1, -0.05) is 43.7 Å². The molecule has 0 amide bonds. The summed E-state index contributed by atoms with van der Waals surface area (Å²) in [6.07, 6.45) is 1.00. The molecule has 0 aliphatic carbocycles. The van der Waals surface area contributed by atoms with Gasteiger partial charge in [0.05, 0.1) is 13.2 Å². The fourth-order valence-electron chi connectivity index (χ4n) is 1.57. The van der Waals surface area contributed by atoms with Crippen molar-refractivity contribution in [3.63, 3.8) is 0 Å². The van der Waals surface area contributed by atoms with E-state index >= 15 is 0 Å². The molecular formula is C15H22O4. The molecule has 1 atom stereocenters. The summed E-state index contributed by atoms with van der Waals surface area (Å²) in [5.41, 5.74) is 0.909. The molecule has 1 aromatic rings. The molecule has 19 heavy (non-hydrogen) atoms. The van der Waals surface area contributed by atoms with Crippen molar-refractivity contribution in [3.8, 4) is 0 Å². The lowest BCUT2D eigenvalue weighted by atomic mass is 10.1. The second-order valence-electron chi connectivity index (χ2n) is 4.13. The van der Waals surface area contributed by atoms with E-state index in [-0.39, 0.29) is 0 Å². The topological polar surface area (TPSA) is 44.8 Å². The number of unbranched alkanes of at least 4 members (excludes halogenated alkanes) is 1. The van der Waals surface area contributed by atoms with Gasteiger partial charge in [-0.15, -0.1) is 0 Å². The Morgan fingerprint density at radius 3 is 2.58 bits per heavy atom. The summed E-state index contributed by atoms with van der Waals surface area (Å²) >= 11 is 0. The van der Waals surface area contributed by atoms with Crippen LogP contribution in [0.1, 0.15) is 38.4 Å². The predicted molar refractivity (Wildman–Crippen MR) is 73.0 cm³/mol. The fourth-order valence-corrected chi connectivity index (χ4v) is 1.57. The van der Waals surface area contributed by atoms with Crippen molar-refractivity contribution in [1.29, 1.82) is 0 Å². The standard InChI is InChI=1S/C15H22O4/c1-3-5-11-17-12-14(19-15(16)18-4-2)13-9-7-6-8-10-13/h6-10,14H,3-5,11-12H2,1-2H3. The molecule has 0 spiro atoms. The Bertz CT molecular complexity index is 350. The van der Waals surface area contributed by atoms with Crippen LogP contribution in [0.2, 0.25) is 0 Å². The highest BCUT2D eigenvalue weighted by atomic mass is 16.7. The van der Waals surface area contributed by atoms with E-state index in [0.29, 0.717) is 19.8 Å². The monoisotopic (exact) mass is 266 g/mol. The first-order valence-corrected chi connectivity index (χ1v) is 6.74. The molecule has 0 saturated carbocycles. The molecule has 0 N–H and O–H groups in total. The van der Waals surface area contributed by atoms with E-state index < -0.39 is 12.3 Å². The van der Waals surface area contributed by atoms with Gasteiger partial charge in [0.15, 0.2) is 6.10 Å². The molecule has 4 heteroatoms. The van der Waals surface area contributed by atoms with Gasteiger partial charge in [-0.05, 0) is 18.9 Å². The van der Waals surface area contributed by atoms with Crippen molar-refractivity contribution in [2.45, 2.75) is 32.8 Å². The summed E-state index contributed by atoms with van der Waals surface area (Å²) in [4.78, 5) is 11.4. The van der Waals surface area contributed by atoms with Gasteiger partial charge in [-0.25, -0.2) is 4.79 Å². The van der Waals surface area contributed by atoms with E-state index in [1.807, 2.05) is 30.3 Å². The van der Waals surface area contributed by atoms with Crippen LogP contribution in [0.5, 0.6) is 0 Å². The van der Waals surface area contributed by atoms with Gasteiger partial charge >= 0.3 is 6.16 Å². The lowest BCUT2D eigenvalue weighted by molar-refractivity contribution is -0.0164. The molecule has 1 unspecified atom stereocenters. The number of rotatable bonds is 8. The lowest BCUT2D eigenvalue weighted by Crippen LogP contribution is -2.17. The van der Waals surface area contributed by atoms with Crippen LogP contribution in [-0.4, -0.2) is 26.0 Å². The normalized spacial score (nSPS) is 11.9. The highest BCUT2D eigenvalue weighted by molar-refractivity contribution is 5.60. The van der Waals surface area contributed by atoms with Crippen LogP contribution in [0.15, 0.2) is 30.3 Å². The highest BCUT2D eigenvalue weighted by Gasteiger charge is 2.17. The first-order valence-electron chi connectivity index (χ1n) is 6.74. The smallest absolute Gasteiger partial charge is 0.435 e. The maximum Gasteiger partial charge on any atom is 0.508 e. The Labute approximate surface area is 114 Å². The van der Waals surface area contributed by atoms with Gasteiger partial charge in [0.2, 0.25) is 0 Å². The lowest BCUT2D eigenvalue weighted by Gasteiger charge is -2.18. The molecule has 4 nitrogen and oxygen atoms in total. The van der Waals surface area contributed by atoms with Crippen molar-refractivity contribution >= 4 is 6.16 Å². The molecule has 1 rings (SSSR count). The average Bonchev–Trinajstić information content (AvgIpc) is 2.43. The molecule has 0 saturated heterocycles. The molecule has 0 bridgehead atoms. The highest BCUT2D eigenvalue weighted by Crippen LogP contribution is 2.18. The Kier molecular flexibility index (Phi) is 7.66. The van der Waals surface area contributed by atoms with E-state index in [9.17, 15) is 4.79 Å². The minimum absolute atomic E-state index is 0.303. The average molecular weight is 266 g/mol. The Morgan fingerprint density at radius 1 is 1.21 bits per heavy atom. The van der Waals surface area contributed by atoms with Gasteiger partial charge in [0, 0.05) is 6.61 Å². The van der Waals surface area contributed by atoms with Crippen LogP contribution in [0.4, 0.5) is 4.79 Å². The number of carbonyl (C=O) groups excluding carboxylic acids is 1. The SMILES string of the molecule is CCCCOCC(OC(=O)OCC)c1ccccc1. The number of ether oxygens (including phenoxy) is 3. The van der Waals surface area contributed by atoms with Crippen molar-refractivity contribution < 1.29 is 19.0 Å². The van der Waals surface area contributed by atoms with E-state index in [0.717, 1.165) is 18.4 Å². The van der Waals surface area contributed by atoms with Gasteiger partial charge in [0.1, 0.15) is 0 Å². The van der Waals surface area contributed by atoms with Crippen molar-refractivity contribution in [2.75, 3.05) is 19.8 Å². The van der Waals surface area contributed by atoms with Crippen LogP contribution in [-0.2, 0) is 14.2 Å². The quantitative estimate of drug-likeness (QED) is 0.531. The van der Waals surface area contributed by atoms with Crippen LogP contribution in [0.3, 0.4) is 0 Å². The number of hydrogen-bond acceptors (Lipinski definition) is 4. The van der Waals surface area contributed by atoms with Crippen LogP contribution >= 0.6 is 0 Å². The minimum Gasteiger partial charge on any atom is -0.435 e. The molecular weight excluding hydrogens is 244 g/mol. The van der Waals surface area contributed by atoms with Crippen molar-refractivity contribution in [2.24, 2.45) is 0 Å². The van der Waals surface area contributed by atoms with E-state index in [2.05, 4.69) is 6.92 Å². The first kappa shape index (κ1) is 15.5. The zero-order valence-electron chi connectivity index (χ0n) is 11.6. The van der Waals surface area contributed by atoms with E-state index in [4.69, 9.17) is 14.2 Å². The third-order valence-corrected chi connectivity index (χ3v) is 2.58. The molecule has 0 radical (unpaired) electrons. The molecule has 0 aromatic heterocycles. The second kappa shape index (κ2) is 9.39. The van der Waals surface area contributed by atoms with Crippen molar-refractivity contribution in [3.05, 3.63) is 35.9 Å². The zero-order valence-corrected chi connectivity index (χ0v) is 11.6. The van der Waals surface area contributed by atoms with Gasteiger partial charge in [-0.3, -0.25) is 0 Å². The van der Waals surface area contributed by atoms with Crippen LogP contribution in [0.25, 0.3) is 0 Å². The molecule has 0 fully saturated rings. The molecule has 1 aromatic carbocycles. The molecule has 0 aliphatic heterocycles. The maximum atomic E-state index is 11.4. The van der Waals surface area contributed by atoms with Gasteiger partial charge in [0.25, 0.3) is 0 Å². The summed E-state index contributed by atoms with van der Waals surface area (Å²) in [5.74, 6) is 0. The predicted octanol–water partition coefficient (Wildman–Crippen LogP) is 3.72. The second-order valence-corrected chi connectivity index (χ2v) is 4.13. The number of benzene rings is 1. The fraction of sp³-hybridized carbons (Fsp3) is 0.533. The van der Waals surface area contributed by atoms with Crippen LogP contribution < -0.4 is 0 Å². The zero-order chi connectivity index (χ0) is 13.9. The summed E-state index contributed by atoms with van der Waals surface area (Å²) in [5, 5.41) is 0. The van der Waals surface area contributed by atoms with Crippen LogP contribution in [0, 0.1) is 0 Å². The Hall–Kier alpha value is -1.55. The number of carbonyl (C=O) groups is 1. The van der Waals surface area contributed by atoms with Gasteiger partial charge < -0.3 is 14.2 Å². The minimum atomic E-state index is -0.657. The maximum absolute atomic E-state index is 11.4. The number of hydrogen-bond donors (Lipinski definition) is 0. The van der Waals surface area contributed by atoms with Crippen molar-refractivity contribution in [1.82, 2.24) is 0 Å². The first-order chi connectivity index (χ1) is 9.27. The summed E-state index contributed by atoms with van der Waals surface area (Å²) < 4.78 is 15.6. The molecule has 0 heterocycles. The largest absolute Gasteiger partial charge is 0.508 e. The van der Waals surface area contributed by atoms with Gasteiger partial charge in [-0.2, -0.15) is 0 Å². The van der Waals surface area contributed by atoms with E-state index in [1.54, 1.807) is 6.92 Å². The third-order valence-electron chi connectivity index (χ3n) is 2.58. The summed E-state index contributed by atoms with van der Waals surface area (Å²) in [6, 6.07) is 9.55.